The zero-order valence-electron chi connectivity index (χ0n) is 13.1. The first-order valence-electron chi connectivity index (χ1n) is 8.09. The van der Waals surface area contributed by atoms with Crippen molar-refractivity contribution in [2.75, 3.05) is 13.6 Å². The Balaban J connectivity index is 1.87. The summed E-state index contributed by atoms with van der Waals surface area (Å²) >= 11 is 0. The van der Waals surface area contributed by atoms with E-state index in [4.69, 9.17) is 0 Å². The summed E-state index contributed by atoms with van der Waals surface area (Å²) in [5.41, 5.74) is -0.681. The van der Waals surface area contributed by atoms with E-state index < -0.39 is 5.54 Å². The van der Waals surface area contributed by atoms with E-state index in [2.05, 4.69) is 11.4 Å². The van der Waals surface area contributed by atoms with E-state index in [9.17, 15) is 15.2 Å². The third kappa shape index (κ3) is 4.18. The molecular formula is C16H27N3O2. The van der Waals surface area contributed by atoms with Gasteiger partial charge in [0.25, 0.3) is 0 Å². The van der Waals surface area contributed by atoms with E-state index in [0.717, 1.165) is 44.9 Å². The molecule has 2 N–H and O–H groups in total. The van der Waals surface area contributed by atoms with Crippen molar-refractivity contribution >= 4 is 5.91 Å². The van der Waals surface area contributed by atoms with Gasteiger partial charge in [0.05, 0.1) is 18.2 Å². The molecule has 2 fully saturated rings. The first-order chi connectivity index (χ1) is 9.97. The summed E-state index contributed by atoms with van der Waals surface area (Å²) in [7, 11) is 1.86. The maximum Gasteiger partial charge on any atom is 0.238 e. The van der Waals surface area contributed by atoms with Crippen molar-refractivity contribution < 1.29 is 9.90 Å². The Hall–Kier alpha value is -1.12. The highest BCUT2D eigenvalue weighted by Crippen LogP contribution is 2.33. The molecule has 2 aliphatic carbocycles. The quantitative estimate of drug-likeness (QED) is 0.776. The highest BCUT2D eigenvalue weighted by molar-refractivity contribution is 5.82. The lowest BCUT2D eigenvalue weighted by molar-refractivity contribution is -0.127. The van der Waals surface area contributed by atoms with Crippen molar-refractivity contribution in [1.82, 2.24) is 10.2 Å². The molecule has 0 aromatic carbocycles. The average molecular weight is 293 g/mol. The number of nitrogens with one attached hydrogen (secondary N) is 1. The summed E-state index contributed by atoms with van der Waals surface area (Å²) in [6.07, 6.45) is 6.47. The minimum atomic E-state index is -0.681. The first kappa shape index (κ1) is 16.3. The van der Waals surface area contributed by atoms with Crippen LogP contribution in [0.1, 0.15) is 51.9 Å². The number of carbonyl (C=O) groups excluding carboxylic acids is 1. The average Bonchev–Trinajstić information content (AvgIpc) is 3.31. The van der Waals surface area contributed by atoms with Crippen LogP contribution < -0.4 is 5.32 Å². The van der Waals surface area contributed by atoms with E-state index in [-0.39, 0.29) is 18.1 Å². The molecule has 21 heavy (non-hydrogen) atoms. The summed E-state index contributed by atoms with van der Waals surface area (Å²) in [6.45, 7) is 2.35. The fraction of sp³-hybridized carbons (Fsp3) is 0.875. The van der Waals surface area contributed by atoms with Crippen molar-refractivity contribution in [2.45, 2.75) is 69.6 Å². The molecule has 2 atom stereocenters. The van der Waals surface area contributed by atoms with Gasteiger partial charge in [-0.05, 0) is 45.6 Å². The van der Waals surface area contributed by atoms with Crippen LogP contribution in [-0.2, 0) is 4.79 Å². The second-order valence-corrected chi connectivity index (χ2v) is 6.76. The number of amides is 1. The van der Waals surface area contributed by atoms with Crippen molar-refractivity contribution in [1.29, 1.82) is 5.26 Å². The van der Waals surface area contributed by atoms with Gasteiger partial charge in [0.2, 0.25) is 5.91 Å². The van der Waals surface area contributed by atoms with Crippen LogP contribution in [0.5, 0.6) is 0 Å². The predicted octanol–water partition coefficient (Wildman–Crippen LogP) is 1.42. The third-order valence-corrected chi connectivity index (χ3v) is 4.97. The van der Waals surface area contributed by atoms with E-state index in [0.29, 0.717) is 12.5 Å². The number of carbonyl (C=O) groups is 1. The van der Waals surface area contributed by atoms with Crippen LogP contribution in [0.25, 0.3) is 0 Å². The lowest BCUT2D eigenvalue weighted by Gasteiger charge is -2.34. The highest BCUT2D eigenvalue weighted by atomic mass is 16.3. The van der Waals surface area contributed by atoms with Crippen LogP contribution in [-0.4, -0.2) is 47.2 Å². The molecule has 2 aliphatic rings. The Morgan fingerprint density at radius 2 is 2.05 bits per heavy atom. The maximum absolute atomic E-state index is 12.4. The Morgan fingerprint density at radius 1 is 1.43 bits per heavy atom. The molecule has 0 aliphatic heterocycles. The van der Waals surface area contributed by atoms with Gasteiger partial charge in [-0.3, -0.25) is 9.69 Å². The van der Waals surface area contributed by atoms with Crippen molar-refractivity contribution in [2.24, 2.45) is 5.92 Å². The molecule has 2 rings (SSSR count). The smallest absolute Gasteiger partial charge is 0.238 e. The molecular weight excluding hydrogens is 266 g/mol. The van der Waals surface area contributed by atoms with Gasteiger partial charge in [0.1, 0.15) is 5.54 Å². The number of likely N-dealkylation sites (N-methyl/N-ethyl adjacent to an activating group) is 1. The molecule has 5 nitrogen and oxygen atoms in total. The number of aliphatic hydroxyl groups excluding tert-OH is 1. The molecule has 0 spiro atoms. The van der Waals surface area contributed by atoms with Gasteiger partial charge in [-0.2, -0.15) is 5.26 Å². The largest absolute Gasteiger partial charge is 0.392 e. The molecule has 0 saturated heterocycles. The minimum absolute atomic E-state index is 0.107. The molecule has 118 valence electrons. The third-order valence-electron chi connectivity index (χ3n) is 4.97. The van der Waals surface area contributed by atoms with Gasteiger partial charge in [-0.15, -0.1) is 0 Å². The second-order valence-electron chi connectivity index (χ2n) is 6.76. The summed E-state index contributed by atoms with van der Waals surface area (Å²) in [5.74, 6) is 0.301. The fourth-order valence-electron chi connectivity index (χ4n) is 3.04. The van der Waals surface area contributed by atoms with E-state index in [1.54, 1.807) is 0 Å². The molecule has 0 heterocycles. The first-order valence-corrected chi connectivity index (χ1v) is 8.09. The number of aliphatic hydroxyl groups is 1. The van der Waals surface area contributed by atoms with Gasteiger partial charge >= 0.3 is 0 Å². The van der Waals surface area contributed by atoms with Crippen LogP contribution in [0.3, 0.4) is 0 Å². The zero-order valence-corrected chi connectivity index (χ0v) is 13.1. The standard InChI is InChI=1S/C16H27N3O2/c1-12(19(2)10-14(20)13-6-7-13)15(21)18-16(11-17)8-4-3-5-9-16/h12-14,20H,3-10H2,1-2H3,(H,18,21). The molecule has 5 heteroatoms. The predicted molar refractivity (Wildman–Crippen MR) is 80.4 cm³/mol. The Morgan fingerprint density at radius 3 is 2.57 bits per heavy atom. The molecule has 1 amide bonds. The summed E-state index contributed by atoms with van der Waals surface area (Å²) < 4.78 is 0. The molecule has 0 bridgehead atoms. The fourth-order valence-corrected chi connectivity index (χ4v) is 3.04. The lowest BCUT2D eigenvalue weighted by Crippen LogP contribution is -2.55. The van der Waals surface area contributed by atoms with Crippen LogP contribution in [0.4, 0.5) is 0 Å². The summed E-state index contributed by atoms with van der Waals surface area (Å²) in [6, 6.07) is 1.98. The maximum atomic E-state index is 12.4. The van der Waals surface area contributed by atoms with Gasteiger partial charge < -0.3 is 10.4 Å². The molecule has 2 saturated carbocycles. The van der Waals surface area contributed by atoms with Crippen molar-refractivity contribution in [3.8, 4) is 6.07 Å². The number of nitrogens with zero attached hydrogens (tertiary/aromatic N) is 2. The van der Waals surface area contributed by atoms with E-state index >= 15 is 0 Å². The normalized spacial score (nSPS) is 24.1. The van der Waals surface area contributed by atoms with E-state index in [1.807, 2.05) is 18.9 Å². The highest BCUT2D eigenvalue weighted by Gasteiger charge is 2.36. The SMILES string of the molecule is CC(C(=O)NC1(C#N)CCCCC1)N(C)CC(O)C1CC1. The van der Waals surface area contributed by atoms with Crippen molar-refractivity contribution in [3.05, 3.63) is 0 Å². The number of hydrogen-bond acceptors (Lipinski definition) is 4. The number of rotatable bonds is 6. The lowest BCUT2D eigenvalue weighted by atomic mass is 9.82. The summed E-state index contributed by atoms with van der Waals surface area (Å²) in [5, 5.41) is 22.4. The van der Waals surface area contributed by atoms with Gasteiger partial charge in [0.15, 0.2) is 0 Å². The van der Waals surface area contributed by atoms with Crippen LogP contribution >= 0.6 is 0 Å². The number of nitriles is 1. The van der Waals surface area contributed by atoms with Crippen LogP contribution in [0.15, 0.2) is 0 Å². The van der Waals surface area contributed by atoms with E-state index in [1.165, 1.54) is 0 Å². The Labute approximate surface area is 127 Å². The molecule has 0 aromatic rings. The van der Waals surface area contributed by atoms with Gasteiger partial charge in [0, 0.05) is 6.54 Å². The Bertz CT molecular complexity index is 408. The number of hydrogen-bond donors (Lipinski definition) is 2. The van der Waals surface area contributed by atoms with Crippen LogP contribution in [0.2, 0.25) is 0 Å². The second kappa shape index (κ2) is 6.76. The Kier molecular flexibility index (Phi) is 5.23. The molecule has 0 radical (unpaired) electrons. The van der Waals surface area contributed by atoms with Crippen molar-refractivity contribution in [3.63, 3.8) is 0 Å². The van der Waals surface area contributed by atoms with Crippen LogP contribution in [0, 0.1) is 17.2 Å². The zero-order chi connectivity index (χ0) is 15.5. The van der Waals surface area contributed by atoms with Gasteiger partial charge in [-0.1, -0.05) is 19.3 Å². The minimum Gasteiger partial charge on any atom is -0.392 e. The molecule has 2 unspecified atom stereocenters. The monoisotopic (exact) mass is 293 g/mol. The molecule has 0 aromatic heterocycles. The van der Waals surface area contributed by atoms with Gasteiger partial charge in [-0.25, -0.2) is 0 Å². The summed E-state index contributed by atoms with van der Waals surface area (Å²) in [4.78, 5) is 14.3. The topological polar surface area (TPSA) is 76.4 Å².